The predicted molar refractivity (Wildman–Crippen MR) is 89.1 cm³/mol. The maximum Gasteiger partial charge on any atom is 0.232 e. The molecule has 1 fully saturated rings. The molecule has 0 aliphatic heterocycles. The molecule has 5 heteroatoms. The largest absolute Gasteiger partial charge is 0.382 e. The lowest BCUT2D eigenvalue weighted by Gasteiger charge is -2.34. The van der Waals surface area contributed by atoms with Gasteiger partial charge in [-0.05, 0) is 55.9 Å². The van der Waals surface area contributed by atoms with Gasteiger partial charge in [0.2, 0.25) is 10.0 Å². The molecule has 118 valence electrons. The highest BCUT2D eigenvalue weighted by Crippen LogP contribution is 2.30. The number of anilines is 2. The summed E-state index contributed by atoms with van der Waals surface area (Å²) in [7, 11) is -3.20. The summed E-state index contributed by atoms with van der Waals surface area (Å²) in [5.41, 5.74) is 1.67. The van der Waals surface area contributed by atoms with Crippen LogP contribution in [0.2, 0.25) is 0 Å². The molecule has 3 atom stereocenters. The molecule has 1 saturated carbocycles. The summed E-state index contributed by atoms with van der Waals surface area (Å²) in [5.74, 6) is 1.54. The summed E-state index contributed by atoms with van der Waals surface area (Å²) in [5, 5.41) is 3.59. The van der Waals surface area contributed by atoms with Crippen molar-refractivity contribution < 1.29 is 8.42 Å². The highest BCUT2D eigenvalue weighted by Gasteiger charge is 2.25. The van der Waals surface area contributed by atoms with Crippen molar-refractivity contribution in [3.05, 3.63) is 24.3 Å². The van der Waals surface area contributed by atoms with E-state index in [1.807, 2.05) is 24.3 Å². The lowest BCUT2D eigenvalue weighted by Crippen LogP contribution is -2.33. The van der Waals surface area contributed by atoms with Crippen LogP contribution in [0.5, 0.6) is 0 Å². The highest BCUT2D eigenvalue weighted by molar-refractivity contribution is 7.92. The van der Waals surface area contributed by atoms with E-state index < -0.39 is 10.0 Å². The molecule has 1 aliphatic carbocycles. The van der Waals surface area contributed by atoms with Crippen molar-refractivity contribution in [3.8, 4) is 0 Å². The van der Waals surface area contributed by atoms with Gasteiger partial charge in [0.25, 0.3) is 0 Å². The molecule has 0 heterocycles. The smallest absolute Gasteiger partial charge is 0.232 e. The summed E-state index contributed by atoms with van der Waals surface area (Å²) >= 11 is 0. The molecule has 3 unspecified atom stereocenters. The Balaban J connectivity index is 1.99. The zero-order chi connectivity index (χ0) is 15.5. The average Bonchev–Trinajstić information content (AvgIpc) is 2.45. The zero-order valence-corrected chi connectivity index (χ0v) is 13.9. The minimum atomic E-state index is -3.20. The molecule has 0 aromatic heterocycles. The van der Waals surface area contributed by atoms with Crippen LogP contribution in [0.25, 0.3) is 0 Å². The molecule has 0 saturated heterocycles. The van der Waals surface area contributed by atoms with Gasteiger partial charge in [-0.25, -0.2) is 8.42 Å². The summed E-state index contributed by atoms with van der Waals surface area (Å²) in [6.07, 6.45) is 3.79. The van der Waals surface area contributed by atoms with E-state index in [-0.39, 0.29) is 5.75 Å². The molecule has 0 amide bonds. The van der Waals surface area contributed by atoms with Gasteiger partial charge in [-0.3, -0.25) is 4.72 Å². The van der Waals surface area contributed by atoms with Gasteiger partial charge in [-0.2, -0.15) is 0 Å². The van der Waals surface area contributed by atoms with Crippen molar-refractivity contribution in [3.63, 3.8) is 0 Å². The van der Waals surface area contributed by atoms with Crippen molar-refractivity contribution in [1.29, 1.82) is 0 Å². The number of rotatable bonds is 5. The van der Waals surface area contributed by atoms with Crippen molar-refractivity contribution >= 4 is 21.4 Å². The van der Waals surface area contributed by atoms with Crippen LogP contribution >= 0.6 is 0 Å². The highest BCUT2D eigenvalue weighted by atomic mass is 32.2. The van der Waals surface area contributed by atoms with Crippen LogP contribution in [-0.2, 0) is 10.0 Å². The fourth-order valence-corrected chi connectivity index (χ4v) is 3.47. The lowest BCUT2D eigenvalue weighted by atomic mass is 9.80. The molecule has 2 N–H and O–H groups in total. The Bertz CT molecular complexity index is 554. The van der Waals surface area contributed by atoms with E-state index in [9.17, 15) is 8.42 Å². The van der Waals surface area contributed by atoms with Crippen LogP contribution in [0, 0.1) is 11.8 Å². The Morgan fingerprint density at radius 1 is 1.10 bits per heavy atom. The van der Waals surface area contributed by atoms with Gasteiger partial charge in [-0.1, -0.05) is 20.3 Å². The number of benzene rings is 1. The van der Waals surface area contributed by atoms with E-state index in [1.54, 1.807) is 6.92 Å². The minimum absolute atomic E-state index is 0.0878. The second-order valence-corrected chi connectivity index (χ2v) is 8.24. The Hall–Kier alpha value is -1.23. The number of hydrogen-bond donors (Lipinski definition) is 2. The standard InChI is InChI=1S/C16H26N2O2S/c1-4-21(19,20)18-15-9-7-14(8-10-15)17-16-11-12(2)5-6-13(16)3/h7-10,12-13,16-18H,4-6,11H2,1-3H3. The van der Waals surface area contributed by atoms with Crippen LogP contribution < -0.4 is 10.0 Å². The molecule has 21 heavy (non-hydrogen) atoms. The second kappa shape index (κ2) is 6.69. The molecule has 0 radical (unpaired) electrons. The molecule has 4 nitrogen and oxygen atoms in total. The lowest BCUT2D eigenvalue weighted by molar-refractivity contribution is 0.281. The Kier molecular flexibility index (Phi) is 5.14. The van der Waals surface area contributed by atoms with Gasteiger partial charge in [0.15, 0.2) is 0 Å². The van der Waals surface area contributed by atoms with Crippen molar-refractivity contribution in [2.24, 2.45) is 11.8 Å². The summed E-state index contributed by atoms with van der Waals surface area (Å²) < 4.78 is 25.6. The summed E-state index contributed by atoms with van der Waals surface area (Å²) in [4.78, 5) is 0. The van der Waals surface area contributed by atoms with E-state index in [4.69, 9.17) is 0 Å². The zero-order valence-electron chi connectivity index (χ0n) is 13.1. The number of sulfonamides is 1. The SMILES string of the molecule is CCS(=O)(=O)Nc1ccc(NC2CC(C)CCC2C)cc1. The number of hydrogen-bond acceptors (Lipinski definition) is 3. The van der Waals surface area contributed by atoms with E-state index >= 15 is 0 Å². The van der Waals surface area contributed by atoms with Crippen LogP contribution in [0.15, 0.2) is 24.3 Å². The van der Waals surface area contributed by atoms with Crippen molar-refractivity contribution in [1.82, 2.24) is 0 Å². The van der Waals surface area contributed by atoms with Gasteiger partial charge in [-0.15, -0.1) is 0 Å². The normalized spacial score (nSPS) is 26.3. The van der Waals surface area contributed by atoms with E-state index in [0.717, 1.165) is 11.6 Å². The molecule has 1 aromatic rings. The molecular weight excluding hydrogens is 284 g/mol. The van der Waals surface area contributed by atoms with Gasteiger partial charge < -0.3 is 5.32 Å². The van der Waals surface area contributed by atoms with E-state index in [0.29, 0.717) is 17.6 Å². The maximum absolute atomic E-state index is 11.5. The van der Waals surface area contributed by atoms with Crippen LogP contribution in [0.4, 0.5) is 11.4 Å². The summed E-state index contributed by atoms with van der Waals surface area (Å²) in [6, 6.07) is 8.02. The molecule has 0 spiro atoms. The molecule has 2 rings (SSSR count). The van der Waals surface area contributed by atoms with Gasteiger partial charge in [0.05, 0.1) is 5.75 Å². The maximum atomic E-state index is 11.5. The van der Waals surface area contributed by atoms with Crippen molar-refractivity contribution in [2.75, 3.05) is 15.8 Å². The van der Waals surface area contributed by atoms with Crippen molar-refractivity contribution in [2.45, 2.75) is 46.1 Å². The third kappa shape index (κ3) is 4.63. The van der Waals surface area contributed by atoms with Gasteiger partial charge in [0, 0.05) is 17.4 Å². The number of nitrogens with one attached hydrogen (secondary N) is 2. The van der Waals surface area contributed by atoms with Crippen LogP contribution in [0.1, 0.15) is 40.0 Å². The first kappa shape index (κ1) is 16.1. The topological polar surface area (TPSA) is 58.2 Å². The summed E-state index contributed by atoms with van der Waals surface area (Å²) in [6.45, 7) is 6.24. The van der Waals surface area contributed by atoms with Crippen LogP contribution in [-0.4, -0.2) is 20.2 Å². The average molecular weight is 310 g/mol. The third-order valence-corrected chi connectivity index (χ3v) is 5.66. The first-order valence-electron chi connectivity index (χ1n) is 7.76. The van der Waals surface area contributed by atoms with Crippen LogP contribution in [0.3, 0.4) is 0 Å². The molecule has 0 bridgehead atoms. The fraction of sp³-hybridized carbons (Fsp3) is 0.625. The molecule has 1 aromatic carbocycles. The first-order valence-corrected chi connectivity index (χ1v) is 9.42. The quantitative estimate of drug-likeness (QED) is 0.872. The fourth-order valence-electron chi connectivity index (χ4n) is 2.83. The third-order valence-electron chi connectivity index (χ3n) is 4.35. The Labute approximate surface area is 128 Å². The Morgan fingerprint density at radius 2 is 1.71 bits per heavy atom. The Morgan fingerprint density at radius 3 is 2.33 bits per heavy atom. The molecule has 1 aliphatic rings. The monoisotopic (exact) mass is 310 g/mol. The van der Waals surface area contributed by atoms with Gasteiger partial charge in [0.1, 0.15) is 0 Å². The second-order valence-electron chi connectivity index (χ2n) is 6.23. The predicted octanol–water partition coefficient (Wildman–Crippen LogP) is 3.68. The van der Waals surface area contributed by atoms with Gasteiger partial charge >= 0.3 is 0 Å². The van der Waals surface area contributed by atoms with E-state index in [1.165, 1.54) is 19.3 Å². The minimum Gasteiger partial charge on any atom is -0.382 e. The molecular formula is C16H26N2O2S. The van der Waals surface area contributed by atoms with E-state index in [2.05, 4.69) is 23.9 Å². The first-order chi connectivity index (χ1) is 9.89.